The van der Waals surface area contributed by atoms with Crippen LogP contribution in [0.3, 0.4) is 0 Å². The van der Waals surface area contributed by atoms with E-state index in [1.54, 1.807) is 6.08 Å². The van der Waals surface area contributed by atoms with E-state index in [0.717, 1.165) is 12.8 Å². The molecule has 0 radical (unpaired) electrons. The van der Waals surface area contributed by atoms with E-state index >= 15 is 0 Å². The van der Waals surface area contributed by atoms with Gasteiger partial charge in [0.25, 0.3) is 0 Å². The van der Waals surface area contributed by atoms with Crippen molar-refractivity contribution >= 4 is 15.0 Å². The lowest BCUT2D eigenvalue weighted by atomic mass is 9.71. The minimum absolute atomic E-state index is 0.125. The molecule has 3 atom stereocenters. The lowest BCUT2D eigenvalue weighted by molar-refractivity contribution is -0.137. The normalized spacial score (nSPS) is 23.3. The molecule has 0 aromatic heterocycles. The van der Waals surface area contributed by atoms with Crippen LogP contribution in [-0.2, 0) is 14.0 Å². The SMILES string of the molecule is CCOC(=O)C=CC=C[C@@H]1CC=CC[C@H]1C(O[SiH](C)C)C(C)(C)C. The maximum Gasteiger partial charge on any atom is 0.330 e. The van der Waals surface area contributed by atoms with Gasteiger partial charge in [0.05, 0.1) is 12.7 Å². The van der Waals surface area contributed by atoms with Gasteiger partial charge in [-0.25, -0.2) is 4.79 Å². The summed E-state index contributed by atoms with van der Waals surface area (Å²) in [5.41, 5.74) is 0.125. The van der Waals surface area contributed by atoms with Crippen molar-refractivity contribution in [2.45, 2.75) is 59.7 Å². The predicted octanol–water partition coefficient (Wildman–Crippen LogP) is 4.66. The van der Waals surface area contributed by atoms with Crippen LogP contribution in [0.1, 0.15) is 40.5 Å². The third-order valence-corrected chi connectivity index (χ3v) is 5.02. The molecule has 0 aromatic rings. The molecular weight excluding hydrogens is 316 g/mol. The number of rotatable bonds is 7. The van der Waals surface area contributed by atoms with Crippen molar-refractivity contribution in [3.8, 4) is 0 Å². The average molecular weight is 351 g/mol. The van der Waals surface area contributed by atoms with Gasteiger partial charge in [0, 0.05) is 6.08 Å². The van der Waals surface area contributed by atoms with Crippen molar-refractivity contribution in [1.29, 1.82) is 0 Å². The van der Waals surface area contributed by atoms with Crippen LogP contribution >= 0.6 is 0 Å². The average Bonchev–Trinajstić information content (AvgIpc) is 2.49. The molecule has 0 aliphatic heterocycles. The van der Waals surface area contributed by atoms with Gasteiger partial charge in [0.2, 0.25) is 0 Å². The molecular formula is C20H34O3Si. The van der Waals surface area contributed by atoms with Crippen LogP contribution in [0.2, 0.25) is 13.1 Å². The first kappa shape index (κ1) is 20.9. The van der Waals surface area contributed by atoms with Gasteiger partial charge < -0.3 is 9.16 Å². The van der Waals surface area contributed by atoms with Gasteiger partial charge in [0.15, 0.2) is 9.04 Å². The molecule has 0 bridgehead atoms. The van der Waals surface area contributed by atoms with Gasteiger partial charge in [-0.3, -0.25) is 0 Å². The third-order valence-electron chi connectivity index (χ3n) is 4.18. The maximum atomic E-state index is 11.3. The van der Waals surface area contributed by atoms with Gasteiger partial charge >= 0.3 is 5.97 Å². The minimum Gasteiger partial charge on any atom is -0.463 e. The van der Waals surface area contributed by atoms with Crippen LogP contribution in [0.25, 0.3) is 0 Å². The zero-order valence-corrected chi connectivity index (χ0v) is 17.3. The number of hydrogen-bond donors (Lipinski definition) is 0. The fourth-order valence-electron chi connectivity index (χ4n) is 3.20. The summed E-state index contributed by atoms with van der Waals surface area (Å²) in [5, 5.41) is 0. The van der Waals surface area contributed by atoms with Crippen LogP contribution in [-0.4, -0.2) is 27.7 Å². The summed E-state index contributed by atoms with van der Waals surface area (Å²) >= 11 is 0. The molecule has 4 heteroatoms. The molecule has 0 saturated carbocycles. The molecule has 1 rings (SSSR count). The summed E-state index contributed by atoms with van der Waals surface area (Å²) < 4.78 is 11.3. The Balaban J connectivity index is 2.83. The van der Waals surface area contributed by atoms with Crippen LogP contribution in [0.15, 0.2) is 36.5 Å². The Morgan fingerprint density at radius 3 is 2.50 bits per heavy atom. The monoisotopic (exact) mass is 350 g/mol. The number of carbonyl (C=O) groups excluding carboxylic acids is 1. The van der Waals surface area contributed by atoms with E-state index in [9.17, 15) is 4.79 Å². The van der Waals surface area contributed by atoms with Crippen LogP contribution < -0.4 is 0 Å². The molecule has 0 aromatic carbocycles. The van der Waals surface area contributed by atoms with E-state index in [1.165, 1.54) is 6.08 Å². The Bertz CT molecular complexity index is 472. The molecule has 0 heterocycles. The highest BCUT2D eigenvalue weighted by Gasteiger charge is 2.37. The van der Waals surface area contributed by atoms with E-state index in [-0.39, 0.29) is 17.5 Å². The fourth-order valence-corrected chi connectivity index (χ4v) is 4.39. The van der Waals surface area contributed by atoms with Crippen molar-refractivity contribution in [2.24, 2.45) is 17.3 Å². The van der Waals surface area contributed by atoms with Gasteiger partial charge in [-0.05, 0) is 50.1 Å². The van der Waals surface area contributed by atoms with E-state index in [4.69, 9.17) is 9.16 Å². The Labute approximate surface area is 149 Å². The molecule has 0 saturated heterocycles. The molecule has 1 aliphatic rings. The number of ether oxygens (including phenoxy) is 1. The van der Waals surface area contributed by atoms with Gasteiger partial charge in [-0.1, -0.05) is 51.2 Å². The molecule has 0 fully saturated rings. The summed E-state index contributed by atoms with van der Waals surface area (Å²) in [6, 6.07) is 0. The molecule has 24 heavy (non-hydrogen) atoms. The maximum absolute atomic E-state index is 11.3. The van der Waals surface area contributed by atoms with Crippen molar-refractivity contribution in [2.75, 3.05) is 6.61 Å². The molecule has 3 nitrogen and oxygen atoms in total. The second-order valence-electron chi connectivity index (χ2n) is 7.74. The van der Waals surface area contributed by atoms with Gasteiger partial charge in [-0.15, -0.1) is 0 Å². The molecule has 136 valence electrons. The van der Waals surface area contributed by atoms with E-state index in [0.29, 0.717) is 18.4 Å². The third kappa shape index (κ3) is 7.18. The topological polar surface area (TPSA) is 35.5 Å². The Morgan fingerprint density at radius 2 is 1.92 bits per heavy atom. The van der Waals surface area contributed by atoms with Crippen LogP contribution in [0.4, 0.5) is 0 Å². The van der Waals surface area contributed by atoms with Crippen LogP contribution in [0.5, 0.6) is 0 Å². The fraction of sp³-hybridized carbons (Fsp3) is 0.650. The van der Waals surface area contributed by atoms with Gasteiger partial charge in [0.1, 0.15) is 0 Å². The summed E-state index contributed by atoms with van der Waals surface area (Å²) in [4.78, 5) is 11.3. The molecule has 0 N–H and O–H groups in total. The standard InChI is InChI=1S/C20H34O3Si/c1-7-22-18(21)15-11-9-13-16-12-8-10-14-17(16)19(20(2,3)4)23-24(5)6/h8-11,13,15-17,19,24H,7,12,14H2,1-6H3/t16-,17+,19?/m0/s1. The Hall–Kier alpha value is -1.13. The largest absolute Gasteiger partial charge is 0.463 e. The summed E-state index contributed by atoms with van der Waals surface area (Å²) in [7, 11) is -1.10. The lowest BCUT2D eigenvalue weighted by Crippen LogP contribution is -2.42. The second-order valence-corrected chi connectivity index (χ2v) is 10.1. The number of carbonyl (C=O) groups is 1. The van der Waals surface area contributed by atoms with Gasteiger partial charge in [-0.2, -0.15) is 0 Å². The van der Waals surface area contributed by atoms with Crippen molar-refractivity contribution in [1.82, 2.24) is 0 Å². The van der Waals surface area contributed by atoms with Crippen molar-refractivity contribution in [3.05, 3.63) is 36.5 Å². The highest BCUT2D eigenvalue weighted by molar-refractivity contribution is 6.48. The first-order valence-corrected chi connectivity index (χ1v) is 11.9. The van der Waals surface area contributed by atoms with E-state index in [2.05, 4.69) is 52.1 Å². The van der Waals surface area contributed by atoms with Crippen molar-refractivity contribution < 1.29 is 14.0 Å². The molecule has 0 spiro atoms. The number of esters is 1. The zero-order valence-electron chi connectivity index (χ0n) is 16.1. The van der Waals surface area contributed by atoms with E-state index in [1.807, 2.05) is 13.0 Å². The predicted molar refractivity (Wildman–Crippen MR) is 103 cm³/mol. The molecule has 1 aliphatic carbocycles. The first-order chi connectivity index (χ1) is 11.3. The highest BCUT2D eigenvalue weighted by Crippen LogP contribution is 2.39. The minimum atomic E-state index is -1.10. The molecule has 1 unspecified atom stereocenters. The quantitative estimate of drug-likeness (QED) is 0.220. The Kier molecular flexibility index (Phi) is 8.71. The molecule has 0 amide bonds. The summed E-state index contributed by atoms with van der Waals surface area (Å²) in [6.07, 6.45) is 14.3. The summed E-state index contributed by atoms with van der Waals surface area (Å²) in [5.74, 6) is 0.639. The lowest BCUT2D eigenvalue weighted by Gasteiger charge is -2.42. The number of hydrogen-bond acceptors (Lipinski definition) is 3. The second kappa shape index (κ2) is 9.99. The zero-order chi connectivity index (χ0) is 18.2. The highest BCUT2D eigenvalue weighted by atomic mass is 28.3. The smallest absolute Gasteiger partial charge is 0.330 e. The van der Waals surface area contributed by atoms with Crippen LogP contribution in [0, 0.1) is 17.3 Å². The van der Waals surface area contributed by atoms with E-state index < -0.39 is 9.04 Å². The summed E-state index contributed by atoms with van der Waals surface area (Å²) in [6.45, 7) is 13.5. The first-order valence-electron chi connectivity index (χ1n) is 9.07. The number of allylic oxidation sites excluding steroid dienone is 5. The Morgan fingerprint density at radius 1 is 1.25 bits per heavy atom. The van der Waals surface area contributed by atoms with Crippen molar-refractivity contribution in [3.63, 3.8) is 0 Å².